The molecule has 0 amide bonds. The molecule has 0 saturated carbocycles. The monoisotopic (exact) mass is 289 g/mol. The highest BCUT2D eigenvalue weighted by Crippen LogP contribution is 2.25. The van der Waals surface area contributed by atoms with E-state index in [1.165, 1.54) is 0 Å². The summed E-state index contributed by atoms with van der Waals surface area (Å²) in [6.07, 6.45) is 5.30. The minimum Gasteiger partial charge on any atom is -0.290 e. The van der Waals surface area contributed by atoms with Crippen LogP contribution < -0.4 is 0 Å². The molecule has 0 saturated heterocycles. The lowest BCUT2D eigenvalue weighted by atomic mass is 10.2. The maximum absolute atomic E-state index is 5.32. The summed E-state index contributed by atoms with van der Waals surface area (Å²) < 4.78 is 2.55. The van der Waals surface area contributed by atoms with Crippen molar-refractivity contribution in [3.63, 3.8) is 0 Å². The molecule has 0 radical (unpaired) electrons. The Morgan fingerprint density at radius 2 is 2.32 bits per heavy atom. The zero-order valence-corrected chi connectivity index (χ0v) is 11.8. The summed E-state index contributed by atoms with van der Waals surface area (Å²) in [5, 5.41) is 10.1. The van der Waals surface area contributed by atoms with Gasteiger partial charge < -0.3 is 0 Å². The molecule has 1 N–H and O–H groups in total. The quantitative estimate of drug-likeness (QED) is 0.753. The fourth-order valence-corrected chi connectivity index (χ4v) is 2.89. The van der Waals surface area contributed by atoms with E-state index in [0.29, 0.717) is 4.77 Å². The van der Waals surface area contributed by atoms with Gasteiger partial charge in [-0.25, -0.2) is 4.98 Å². The molecule has 3 aromatic heterocycles. The van der Waals surface area contributed by atoms with Crippen LogP contribution in [0.2, 0.25) is 0 Å². The maximum atomic E-state index is 5.32. The molecule has 7 heteroatoms. The minimum absolute atomic E-state index is 0.0430. The van der Waals surface area contributed by atoms with Gasteiger partial charge in [-0.15, -0.1) is 11.3 Å². The summed E-state index contributed by atoms with van der Waals surface area (Å²) in [5.41, 5.74) is 0.929. The van der Waals surface area contributed by atoms with E-state index in [-0.39, 0.29) is 6.04 Å². The average Bonchev–Trinajstić information content (AvgIpc) is 3.08. The van der Waals surface area contributed by atoms with Crippen LogP contribution in [0.15, 0.2) is 36.1 Å². The molecule has 0 bridgehead atoms. The van der Waals surface area contributed by atoms with Gasteiger partial charge in [0.2, 0.25) is 0 Å². The number of thiazole rings is 1. The van der Waals surface area contributed by atoms with Gasteiger partial charge in [0.1, 0.15) is 5.01 Å². The van der Waals surface area contributed by atoms with Crippen LogP contribution in [0.25, 0.3) is 11.4 Å². The zero-order valence-electron chi connectivity index (χ0n) is 10.1. The molecular formula is C12H11N5S2. The molecule has 0 aromatic carbocycles. The number of pyridine rings is 1. The third-order valence-corrected chi connectivity index (χ3v) is 4.05. The van der Waals surface area contributed by atoms with Crippen molar-refractivity contribution in [2.75, 3.05) is 0 Å². The third kappa shape index (κ3) is 2.22. The summed E-state index contributed by atoms with van der Waals surface area (Å²) in [5.74, 6) is 0.779. The number of nitrogens with one attached hydrogen (secondary N) is 1. The Kier molecular flexibility index (Phi) is 3.22. The first kappa shape index (κ1) is 12.2. The predicted molar refractivity (Wildman–Crippen MR) is 76.6 cm³/mol. The standard InChI is InChI=1S/C12H11N5S2/c1-8(11-14-5-6-19-11)17-10(15-16-12(17)18)9-3-2-4-13-7-9/h2-8H,1H3,(H,16,18). The smallest absolute Gasteiger partial charge is 0.196 e. The molecule has 3 rings (SSSR count). The second-order valence-corrected chi connectivity index (χ2v) is 5.32. The highest BCUT2D eigenvalue weighted by molar-refractivity contribution is 7.71. The Morgan fingerprint density at radius 3 is 3.00 bits per heavy atom. The first-order valence-corrected chi connectivity index (χ1v) is 7.03. The summed E-state index contributed by atoms with van der Waals surface area (Å²) in [4.78, 5) is 8.46. The van der Waals surface area contributed by atoms with E-state index in [1.54, 1.807) is 29.9 Å². The molecule has 0 fully saturated rings. The van der Waals surface area contributed by atoms with Gasteiger partial charge in [-0.1, -0.05) is 0 Å². The van der Waals surface area contributed by atoms with Gasteiger partial charge in [0.05, 0.1) is 6.04 Å². The van der Waals surface area contributed by atoms with E-state index in [0.717, 1.165) is 16.4 Å². The molecule has 0 aliphatic rings. The number of H-pyrrole nitrogens is 1. The molecule has 96 valence electrons. The summed E-state index contributed by atoms with van der Waals surface area (Å²) in [7, 11) is 0. The SMILES string of the molecule is CC(c1nccs1)n1c(-c2cccnc2)n[nH]c1=S. The van der Waals surface area contributed by atoms with Crippen molar-refractivity contribution in [3.8, 4) is 11.4 Å². The van der Waals surface area contributed by atoms with E-state index < -0.39 is 0 Å². The maximum Gasteiger partial charge on any atom is 0.196 e. The van der Waals surface area contributed by atoms with Crippen LogP contribution in [0.1, 0.15) is 18.0 Å². The zero-order chi connectivity index (χ0) is 13.2. The number of aromatic amines is 1. The van der Waals surface area contributed by atoms with Gasteiger partial charge in [0.15, 0.2) is 10.6 Å². The molecular weight excluding hydrogens is 278 g/mol. The van der Waals surface area contributed by atoms with Crippen molar-refractivity contribution in [2.24, 2.45) is 0 Å². The highest BCUT2D eigenvalue weighted by atomic mass is 32.1. The molecule has 0 aliphatic heterocycles. The van der Waals surface area contributed by atoms with Crippen LogP contribution in [0, 0.1) is 4.77 Å². The summed E-state index contributed by atoms with van der Waals surface area (Å²) >= 11 is 6.93. The molecule has 19 heavy (non-hydrogen) atoms. The first-order valence-electron chi connectivity index (χ1n) is 5.74. The van der Waals surface area contributed by atoms with Gasteiger partial charge in [0, 0.05) is 29.5 Å². The van der Waals surface area contributed by atoms with Crippen LogP contribution in [-0.2, 0) is 0 Å². The highest BCUT2D eigenvalue weighted by Gasteiger charge is 2.17. The van der Waals surface area contributed by atoms with E-state index in [9.17, 15) is 0 Å². The van der Waals surface area contributed by atoms with E-state index >= 15 is 0 Å². The van der Waals surface area contributed by atoms with Crippen LogP contribution >= 0.6 is 23.6 Å². The van der Waals surface area contributed by atoms with Gasteiger partial charge in [0.25, 0.3) is 0 Å². The summed E-state index contributed by atoms with van der Waals surface area (Å²) in [6.45, 7) is 2.06. The molecule has 3 aromatic rings. The van der Waals surface area contributed by atoms with Crippen molar-refractivity contribution < 1.29 is 0 Å². The number of rotatable bonds is 3. The summed E-state index contributed by atoms with van der Waals surface area (Å²) in [6, 6.07) is 3.88. The number of nitrogens with zero attached hydrogens (tertiary/aromatic N) is 4. The van der Waals surface area contributed by atoms with E-state index in [4.69, 9.17) is 12.2 Å². The molecule has 5 nitrogen and oxygen atoms in total. The lowest BCUT2D eigenvalue weighted by molar-refractivity contribution is 0.631. The van der Waals surface area contributed by atoms with Crippen molar-refractivity contribution in [1.82, 2.24) is 24.7 Å². The Hall–Kier alpha value is -1.86. The Balaban J connectivity index is 2.12. The van der Waals surface area contributed by atoms with Crippen molar-refractivity contribution in [1.29, 1.82) is 0 Å². The number of hydrogen-bond acceptors (Lipinski definition) is 5. The Morgan fingerprint density at radius 1 is 1.42 bits per heavy atom. The van der Waals surface area contributed by atoms with E-state index in [2.05, 4.69) is 27.1 Å². The van der Waals surface area contributed by atoms with Crippen LogP contribution in [-0.4, -0.2) is 24.7 Å². The van der Waals surface area contributed by atoms with Gasteiger partial charge >= 0.3 is 0 Å². The topological polar surface area (TPSA) is 59.4 Å². The largest absolute Gasteiger partial charge is 0.290 e. The lowest BCUT2D eigenvalue weighted by Gasteiger charge is -2.12. The minimum atomic E-state index is 0.0430. The van der Waals surface area contributed by atoms with Crippen LogP contribution in [0.3, 0.4) is 0 Å². The van der Waals surface area contributed by atoms with E-state index in [1.807, 2.05) is 22.1 Å². The average molecular weight is 289 g/mol. The predicted octanol–water partition coefficient (Wildman–Crippen LogP) is 3.07. The first-order chi connectivity index (χ1) is 9.27. The molecule has 1 atom stereocenters. The number of aromatic nitrogens is 5. The lowest BCUT2D eigenvalue weighted by Crippen LogP contribution is -2.08. The Bertz CT molecular complexity index is 714. The van der Waals surface area contributed by atoms with Gasteiger partial charge in [-0.3, -0.25) is 14.6 Å². The normalized spacial score (nSPS) is 12.5. The van der Waals surface area contributed by atoms with Gasteiger partial charge in [-0.05, 0) is 31.3 Å². The molecule has 0 spiro atoms. The third-order valence-electron chi connectivity index (χ3n) is 2.82. The number of hydrogen-bond donors (Lipinski definition) is 1. The second-order valence-electron chi connectivity index (χ2n) is 4.01. The van der Waals surface area contributed by atoms with Gasteiger partial charge in [-0.2, -0.15) is 5.10 Å². The van der Waals surface area contributed by atoms with Crippen molar-refractivity contribution >= 4 is 23.6 Å². The van der Waals surface area contributed by atoms with Crippen LogP contribution in [0.4, 0.5) is 0 Å². The fourth-order valence-electron chi connectivity index (χ4n) is 1.91. The molecule has 0 aliphatic carbocycles. The van der Waals surface area contributed by atoms with Crippen LogP contribution in [0.5, 0.6) is 0 Å². The molecule has 3 heterocycles. The van der Waals surface area contributed by atoms with Crippen molar-refractivity contribution in [2.45, 2.75) is 13.0 Å². The Labute approximate surface area is 119 Å². The van der Waals surface area contributed by atoms with Crippen molar-refractivity contribution in [3.05, 3.63) is 45.9 Å². The fraction of sp³-hybridized carbons (Fsp3) is 0.167. The second kappa shape index (κ2) is 5.02. The molecule has 1 unspecified atom stereocenters.